The van der Waals surface area contributed by atoms with Crippen LogP contribution in [0.3, 0.4) is 0 Å². The summed E-state index contributed by atoms with van der Waals surface area (Å²) >= 11 is 0. The van der Waals surface area contributed by atoms with Gasteiger partial charge in [0.1, 0.15) is 0 Å². The van der Waals surface area contributed by atoms with Gasteiger partial charge in [-0.15, -0.1) is 37.1 Å². The molecule has 0 spiro atoms. The quantitative estimate of drug-likeness (QED) is 0.242. The molecule has 0 saturated heterocycles. The van der Waals surface area contributed by atoms with Gasteiger partial charge in [0.15, 0.2) is 0 Å². The molecule has 0 aromatic carbocycles. The van der Waals surface area contributed by atoms with Gasteiger partial charge in [-0.1, -0.05) is 25.9 Å². The summed E-state index contributed by atoms with van der Waals surface area (Å²) in [6, 6.07) is 0. The Bertz CT molecular complexity index is 404. The van der Waals surface area contributed by atoms with Gasteiger partial charge < -0.3 is 37.2 Å². The Morgan fingerprint density at radius 2 is 1.16 bits per heavy atom. The van der Waals surface area contributed by atoms with E-state index in [0.717, 1.165) is 21.4 Å². The van der Waals surface area contributed by atoms with E-state index in [1.165, 1.54) is 38.5 Å². The topological polar surface area (TPSA) is 0 Å². The zero-order valence-electron chi connectivity index (χ0n) is 15.2. The average molecular weight is 495 g/mol. The Kier molecular flexibility index (Phi) is 22.0. The first-order valence-corrected chi connectivity index (χ1v) is 10.8. The summed E-state index contributed by atoms with van der Waals surface area (Å²) < 4.78 is 0. The molecule has 2 radical (unpaired) electrons. The minimum atomic E-state index is 0. The smallest absolute Gasteiger partial charge is 1.00 e. The van der Waals surface area contributed by atoms with Gasteiger partial charge in [-0.2, -0.15) is 0 Å². The molecule has 4 aliphatic rings. The Morgan fingerprint density at radius 3 is 1.48 bits per heavy atom. The summed E-state index contributed by atoms with van der Waals surface area (Å²) in [5.74, 6) is 1.77. The minimum Gasteiger partial charge on any atom is -1.00 e. The van der Waals surface area contributed by atoms with Crippen LogP contribution in [0.1, 0.15) is 38.5 Å². The largest absolute Gasteiger partial charge is 3.00 e. The summed E-state index contributed by atoms with van der Waals surface area (Å²) in [6.07, 6.45) is 26.1. The van der Waals surface area contributed by atoms with Crippen LogP contribution in [0.4, 0.5) is 0 Å². The first-order chi connectivity index (χ1) is 10.3. The molecule has 2 saturated carbocycles. The fourth-order valence-corrected chi connectivity index (χ4v) is 3.33. The molecule has 0 aliphatic heterocycles. The van der Waals surface area contributed by atoms with Crippen LogP contribution in [-0.2, 0) is 26.2 Å². The van der Waals surface area contributed by atoms with Crippen LogP contribution in [0.25, 0.3) is 0 Å². The average Bonchev–Trinajstić information content (AvgIpc) is 3.17. The van der Waals surface area contributed by atoms with Gasteiger partial charge in [0.2, 0.25) is 0 Å². The Hall–Kier alpha value is 0.670. The molecule has 5 heteroatoms. The van der Waals surface area contributed by atoms with Crippen molar-refractivity contribution in [3.8, 4) is 0 Å². The van der Waals surface area contributed by atoms with E-state index in [0.29, 0.717) is 0 Å². The molecule has 0 N–H and O–H groups in total. The fourth-order valence-electron chi connectivity index (χ4n) is 3.33. The summed E-state index contributed by atoms with van der Waals surface area (Å²) in [5, 5.41) is 0. The molecule has 4 aliphatic carbocycles. The van der Waals surface area contributed by atoms with Crippen molar-refractivity contribution < 1.29 is 63.4 Å². The van der Waals surface area contributed by atoms with Crippen LogP contribution in [0, 0.1) is 24.7 Å². The van der Waals surface area contributed by atoms with Crippen LogP contribution in [0.2, 0.25) is 13.1 Å². The van der Waals surface area contributed by atoms with Crippen molar-refractivity contribution in [2.75, 3.05) is 0 Å². The van der Waals surface area contributed by atoms with Crippen molar-refractivity contribution in [2.45, 2.75) is 51.6 Å². The van der Waals surface area contributed by atoms with Crippen molar-refractivity contribution in [3.05, 3.63) is 60.4 Å². The van der Waals surface area contributed by atoms with Crippen molar-refractivity contribution in [3.63, 3.8) is 0 Å². The molecular weight excluding hydrogens is 466 g/mol. The monoisotopic (exact) mass is 492 g/mol. The number of rotatable bonds is 0. The van der Waals surface area contributed by atoms with Gasteiger partial charge in [0, 0.05) is 9.52 Å². The van der Waals surface area contributed by atoms with E-state index in [-0.39, 0.29) is 63.4 Å². The van der Waals surface area contributed by atoms with Gasteiger partial charge in [0.25, 0.3) is 0 Å². The molecule has 0 heterocycles. The van der Waals surface area contributed by atoms with Gasteiger partial charge in [-0.05, 0) is 24.7 Å². The van der Waals surface area contributed by atoms with E-state index in [1.54, 1.807) is 11.1 Å². The Labute approximate surface area is 195 Å². The first-order valence-electron chi connectivity index (χ1n) is 8.49. The van der Waals surface area contributed by atoms with Gasteiger partial charge >= 0.3 is 26.2 Å². The molecule has 0 aromatic heterocycles. The SMILES string of the molecule is C1=CCC2CC[CH-]C2=C1.C1=CCC2CC[CH-]C2=C1.C[SiH]C.[Cl-].[Cl-].[Cl-].[Zr+3]. The van der Waals surface area contributed by atoms with Gasteiger partial charge in [-0.3, -0.25) is 0 Å². The second kappa shape index (κ2) is 18.1. The molecule has 0 bridgehead atoms. The number of hydrogen-bond acceptors (Lipinski definition) is 0. The summed E-state index contributed by atoms with van der Waals surface area (Å²) in [7, 11) is 0.750. The predicted octanol–water partition coefficient (Wildman–Crippen LogP) is -3.50. The maximum absolute atomic E-state index is 2.37. The zero-order valence-corrected chi connectivity index (χ0v) is 21.1. The summed E-state index contributed by atoms with van der Waals surface area (Å²) in [6.45, 7) is 4.42. The third kappa shape index (κ3) is 10.5. The molecule has 4 rings (SSSR count). The predicted molar refractivity (Wildman–Crippen MR) is 96.6 cm³/mol. The standard InChI is InChI=1S/2C9H11.C2H7Si.3ClH.Zr/c2*1-2-5-9-7-3-6-8(9)4-1;1-3-2;;;;/h2*1-2,4,6,9H,3,5,7H2;3H,1-2H3;3*1H;/q2*-1;;;;;+3/p-3. The number of hydrogen-bond donors (Lipinski definition) is 0. The molecule has 25 heavy (non-hydrogen) atoms. The maximum Gasteiger partial charge on any atom is 3.00 e. The van der Waals surface area contributed by atoms with Crippen LogP contribution >= 0.6 is 0 Å². The third-order valence-corrected chi connectivity index (χ3v) is 4.42. The molecule has 140 valence electrons. The molecular formula is C20H29Cl3SiZr-2. The van der Waals surface area contributed by atoms with Crippen molar-refractivity contribution in [1.82, 2.24) is 0 Å². The fraction of sp³-hybridized carbons (Fsp3) is 0.500. The maximum atomic E-state index is 2.37. The molecule has 2 unspecified atom stereocenters. The van der Waals surface area contributed by atoms with Crippen LogP contribution in [0.5, 0.6) is 0 Å². The molecule has 0 aromatic rings. The van der Waals surface area contributed by atoms with E-state index in [9.17, 15) is 0 Å². The normalized spacial score (nSPS) is 23.1. The van der Waals surface area contributed by atoms with E-state index >= 15 is 0 Å². The molecule has 0 amide bonds. The third-order valence-electron chi connectivity index (χ3n) is 4.42. The van der Waals surface area contributed by atoms with Crippen molar-refractivity contribution in [2.24, 2.45) is 11.8 Å². The van der Waals surface area contributed by atoms with Crippen molar-refractivity contribution >= 4 is 9.52 Å². The molecule has 2 atom stereocenters. The van der Waals surface area contributed by atoms with Crippen LogP contribution in [-0.4, -0.2) is 9.52 Å². The number of halogens is 3. The Morgan fingerprint density at radius 1 is 0.800 bits per heavy atom. The van der Waals surface area contributed by atoms with E-state index in [1.807, 2.05) is 0 Å². The van der Waals surface area contributed by atoms with Crippen LogP contribution in [0.15, 0.2) is 47.6 Å². The zero-order chi connectivity index (χ0) is 14.9. The molecule has 2 fully saturated rings. The number of allylic oxidation sites excluding steroid dienone is 8. The van der Waals surface area contributed by atoms with E-state index in [4.69, 9.17) is 0 Å². The second-order valence-corrected chi connectivity index (χ2v) is 7.35. The summed E-state index contributed by atoms with van der Waals surface area (Å²) in [4.78, 5) is 0. The van der Waals surface area contributed by atoms with Gasteiger partial charge in [0.05, 0.1) is 0 Å². The van der Waals surface area contributed by atoms with E-state index < -0.39 is 0 Å². The number of fused-ring (bicyclic) bond motifs is 2. The second-order valence-electron chi connectivity index (χ2n) is 6.20. The van der Waals surface area contributed by atoms with Crippen LogP contribution < -0.4 is 37.2 Å². The minimum absolute atomic E-state index is 0. The van der Waals surface area contributed by atoms with Crippen molar-refractivity contribution in [1.29, 1.82) is 0 Å². The summed E-state index contributed by atoms with van der Waals surface area (Å²) in [5.41, 5.74) is 3.16. The molecule has 0 nitrogen and oxygen atoms in total. The van der Waals surface area contributed by atoms with Gasteiger partial charge in [-0.25, -0.2) is 36.1 Å². The van der Waals surface area contributed by atoms with E-state index in [2.05, 4.69) is 62.4 Å². The first kappa shape index (κ1) is 30.4. The Balaban J connectivity index is -0.000000295.